The van der Waals surface area contributed by atoms with Gasteiger partial charge in [-0.2, -0.15) is 0 Å². The Labute approximate surface area is 134 Å². The van der Waals surface area contributed by atoms with Gasteiger partial charge in [-0.15, -0.1) is 0 Å². The van der Waals surface area contributed by atoms with Crippen molar-refractivity contribution in [2.24, 2.45) is 0 Å². The highest BCUT2D eigenvalue weighted by atomic mass is 16.7. The lowest BCUT2D eigenvalue weighted by Gasteiger charge is -2.25. The van der Waals surface area contributed by atoms with Gasteiger partial charge in [0.2, 0.25) is 0 Å². The summed E-state index contributed by atoms with van der Waals surface area (Å²) in [4.78, 5) is 26.3. The molecule has 2 aliphatic rings. The number of nitrogens with zero attached hydrogens (tertiary/aromatic N) is 1. The summed E-state index contributed by atoms with van der Waals surface area (Å²) in [6, 6.07) is 8.70. The first kappa shape index (κ1) is 15.5. The predicted octanol–water partition coefficient (Wildman–Crippen LogP) is 0.756. The van der Waals surface area contributed by atoms with Gasteiger partial charge in [-0.1, -0.05) is 30.3 Å². The Balaban J connectivity index is 1.87. The van der Waals surface area contributed by atoms with Crippen LogP contribution in [0.1, 0.15) is 11.6 Å². The average molecular weight is 317 g/mol. The molecular weight excluding hydrogens is 298 g/mol. The molecule has 1 atom stereocenters. The van der Waals surface area contributed by atoms with Crippen molar-refractivity contribution < 1.29 is 19.1 Å². The fourth-order valence-electron chi connectivity index (χ4n) is 2.90. The Morgan fingerprint density at radius 1 is 1.22 bits per heavy atom. The van der Waals surface area contributed by atoms with Gasteiger partial charge >= 0.3 is 6.03 Å². The van der Waals surface area contributed by atoms with Crippen molar-refractivity contribution in [1.82, 2.24) is 15.5 Å². The van der Waals surface area contributed by atoms with E-state index in [-0.39, 0.29) is 11.9 Å². The number of carbonyl (C=O) groups excluding carboxylic acids is 2. The molecule has 0 saturated carbocycles. The van der Waals surface area contributed by atoms with Crippen LogP contribution >= 0.6 is 0 Å². The first-order chi connectivity index (χ1) is 11.1. The van der Waals surface area contributed by atoms with Gasteiger partial charge in [-0.25, -0.2) is 4.79 Å². The second-order valence-electron chi connectivity index (χ2n) is 5.42. The molecule has 0 radical (unpaired) electrons. The molecule has 0 saturated heterocycles. The van der Waals surface area contributed by atoms with E-state index in [2.05, 4.69) is 10.6 Å². The van der Waals surface area contributed by atoms with Crippen molar-refractivity contribution in [3.63, 3.8) is 0 Å². The van der Waals surface area contributed by atoms with Crippen LogP contribution in [0.2, 0.25) is 0 Å². The van der Waals surface area contributed by atoms with Gasteiger partial charge in [0.25, 0.3) is 5.91 Å². The molecule has 7 nitrogen and oxygen atoms in total. The van der Waals surface area contributed by atoms with Gasteiger partial charge in [-0.05, 0) is 5.56 Å². The van der Waals surface area contributed by atoms with Crippen LogP contribution in [-0.4, -0.2) is 50.4 Å². The average Bonchev–Trinajstić information content (AvgIpc) is 2.88. The number of hydrogen-bond acceptors (Lipinski definition) is 4. The molecule has 2 aliphatic heterocycles. The highest BCUT2D eigenvalue weighted by Gasteiger charge is 2.40. The molecule has 1 unspecified atom stereocenters. The lowest BCUT2D eigenvalue weighted by atomic mass is 9.96. The number of hydrogen-bond donors (Lipinski definition) is 2. The minimum absolute atomic E-state index is 0.125. The number of urea groups is 1. The van der Waals surface area contributed by atoms with Crippen LogP contribution in [0.25, 0.3) is 0 Å². The number of amides is 3. The Morgan fingerprint density at radius 2 is 1.91 bits per heavy atom. The van der Waals surface area contributed by atoms with Crippen molar-refractivity contribution in [1.29, 1.82) is 0 Å². The second kappa shape index (κ2) is 6.39. The molecule has 2 N–H and O–H groups in total. The molecule has 3 amide bonds. The summed E-state index contributed by atoms with van der Waals surface area (Å²) in [7, 11) is 3.05. The van der Waals surface area contributed by atoms with E-state index >= 15 is 0 Å². The van der Waals surface area contributed by atoms with Crippen molar-refractivity contribution >= 4 is 11.9 Å². The smallest absolute Gasteiger partial charge is 0.319 e. The predicted molar refractivity (Wildman–Crippen MR) is 82.3 cm³/mol. The summed E-state index contributed by atoms with van der Waals surface area (Å²) >= 11 is 0. The summed E-state index contributed by atoms with van der Waals surface area (Å²) in [6.07, 6.45) is -0.501. The highest BCUT2D eigenvalue weighted by Crippen LogP contribution is 2.32. The summed E-state index contributed by atoms with van der Waals surface area (Å²) in [5.74, 6) is -0.125. The van der Waals surface area contributed by atoms with Crippen LogP contribution in [-0.2, 0) is 14.3 Å². The normalized spacial score (nSPS) is 20.7. The minimum atomic E-state index is -0.501. The maximum absolute atomic E-state index is 12.8. The zero-order valence-corrected chi connectivity index (χ0v) is 13.0. The van der Waals surface area contributed by atoms with Crippen LogP contribution in [0.5, 0.6) is 0 Å². The summed E-state index contributed by atoms with van der Waals surface area (Å²) < 4.78 is 10.3. The maximum Gasteiger partial charge on any atom is 0.319 e. The second-order valence-corrected chi connectivity index (χ2v) is 5.42. The largest absolute Gasteiger partial charge is 0.354 e. The Bertz CT molecular complexity index is 640. The molecule has 0 aliphatic carbocycles. The summed E-state index contributed by atoms with van der Waals surface area (Å²) in [5.41, 5.74) is 2.08. The minimum Gasteiger partial charge on any atom is -0.354 e. The van der Waals surface area contributed by atoms with E-state index < -0.39 is 12.3 Å². The van der Waals surface area contributed by atoms with E-state index in [0.29, 0.717) is 24.4 Å². The zero-order valence-electron chi connectivity index (χ0n) is 13.0. The lowest BCUT2D eigenvalue weighted by molar-refractivity contribution is -0.140. The van der Waals surface area contributed by atoms with Crippen molar-refractivity contribution in [2.75, 3.05) is 27.3 Å². The molecule has 2 heterocycles. The Kier molecular flexibility index (Phi) is 4.31. The third-order valence-electron chi connectivity index (χ3n) is 4.05. The molecular formula is C16H19N3O4. The molecule has 0 fully saturated rings. The molecule has 1 aromatic rings. The number of rotatable bonds is 5. The monoisotopic (exact) mass is 317 g/mol. The van der Waals surface area contributed by atoms with Crippen molar-refractivity contribution in [2.45, 2.75) is 12.3 Å². The topological polar surface area (TPSA) is 79.9 Å². The van der Waals surface area contributed by atoms with Gasteiger partial charge in [-0.3, -0.25) is 4.79 Å². The van der Waals surface area contributed by atoms with E-state index in [1.165, 1.54) is 14.2 Å². The van der Waals surface area contributed by atoms with Gasteiger partial charge in [0.1, 0.15) is 0 Å². The molecule has 122 valence electrons. The van der Waals surface area contributed by atoms with Crippen LogP contribution in [0.3, 0.4) is 0 Å². The fraction of sp³-hybridized carbons (Fsp3) is 0.375. The van der Waals surface area contributed by atoms with Crippen molar-refractivity contribution in [3.8, 4) is 0 Å². The third-order valence-corrected chi connectivity index (χ3v) is 4.05. The van der Waals surface area contributed by atoms with E-state index in [0.717, 1.165) is 5.56 Å². The van der Waals surface area contributed by atoms with Gasteiger partial charge in [0, 0.05) is 14.2 Å². The SMILES string of the molecule is COC(CN1CC2=C(C1=O)C(c1ccccc1)NC(=O)N2)OC. The molecule has 0 bridgehead atoms. The number of ether oxygens (including phenoxy) is 2. The standard InChI is InChI=1S/C16H19N3O4/c1-22-12(23-2)9-19-8-11-13(15(19)20)14(18-16(21)17-11)10-6-4-3-5-7-10/h3-7,12,14H,8-9H2,1-2H3,(H2,17,18,21). The quantitative estimate of drug-likeness (QED) is 0.786. The van der Waals surface area contributed by atoms with E-state index in [9.17, 15) is 9.59 Å². The molecule has 0 aromatic heterocycles. The summed E-state index contributed by atoms with van der Waals surface area (Å²) in [5, 5.41) is 5.55. The van der Waals surface area contributed by atoms with Gasteiger partial charge in [0.15, 0.2) is 6.29 Å². The molecule has 3 rings (SSSR count). The molecule has 23 heavy (non-hydrogen) atoms. The number of carbonyl (C=O) groups is 2. The Hall–Kier alpha value is -2.38. The van der Waals surface area contributed by atoms with Gasteiger partial charge in [0.05, 0.1) is 30.4 Å². The number of methoxy groups -OCH3 is 2. The van der Waals surface area contributed by atoms with Crippen LogP contribution in [0, 0.1) is 0 Å². The molecule has 0 spiro atoms. The first-order valence-electron chi connectivity index (χ1n) is 7.34. The van der Waals surface area contributed by atoms with Crippen LogP contribution < -0.4 is 10.6 Å². The van der Waals surface area contributed by atoms with E-state index in [1.807, 2.05) is 30.3 Å². The lowest BCUT2D eigenvalue weighted by Crippen LogP contribution is -2.44. The Morgan fingerprint density at radius 3 is 2.57 bits per heavy atom. The van der Waals surface area contributed by atoms with E-state index in [1.54, 1.807) is 4.90 Å². The van der Waals surface area contributed by atoms with Crippen LogP contribution in [0.15, 0.2) is 41.6 Å². The zero-order chi connectivity index (χ0) is 16.4. The van der Waals surface area contributed by atoms with E-state index in [4.69, 9.17) is 9.47 Å². The van der Waals surface area contributed by atoms with Gasteiger partial charge < -0.3 is 25.0 Å². The number of benzene rings is 1. The summed E-state index contributed by atoms with van der Waals surface area (Å²) in [6.45, 7) is 0.643. The third kappa shape index (κ3) is 2.93. The maximum atomic E-state index is 12.8. The molecule has 1 aromatic carbocycles. The highest BCUT2D eigenvalue weighted by molar-refractivity contribution is 6.01. The first-order valence-corrected chi connectivity index (χ1v) is 7.34. The van der Waals surface area contributed by atoms with Crippen molar-refractivity contribution in [3.05, 3.63) is 47.2 Å². The van der Waals surface area contributed by atoms with Crippen LogP contribution in [0.4, 0.5) is 4.79 Å². The molecule has 7 heteroatoms. The number of nitrogens with one attached hydrogen (secondary N) is 2. The fourth-order valence-corrected chi connectivity index (χ4v) is 2.90.